The molecule has 1 aliphatic heterocycles. The van der Waals surface area contributed by atoms with Gasteiger partial charge in [-0.15, -0.1) is 11.3 Å². The van der Waals surface area contributed by atoms with Gasteiger partial charge in [-0.25, -0.2) is 0 Å². The van der Waals surface area contributed by atoms with Gasteiger partial charge in [-0.1, -0.05) is 35.9 Å². The molecule has 0 bridgehead atoms. The van der Waals surface area contributed by atoms with Crippen molar-refractivity contribution in [2.45, 2.75) is 13.5 Å². The van der Waals surface area contributed by atoms with Gasteiger partial charge < -0.3 is 14.2 Å². The van der Waals surface area contributed by atoms with Crippen molar-refractivity contribution in [3.8, 4) is 33.8 Å². The van der Waals surface area contributed by atoms with Crippen LogP contribution in [0.3, 0.4) is 0 Å². The van der Waals surface area contributed by atoms with E-state index in [-0.39, 0.29) is 0 Å². The van der Waals surface area contributed by atoms with Gasteiger partial charge in [0, 0.05) is 10.9 Å². The summed E-state index contributed by atoms with van der Waals surface area (Å²) in [5.74, 6) is 1.45. The number of ether oxygens (including phenoxy) is 3. The van der Waals surface area contributed by atoms with Crippen LogP contribution in [0.25, 0.3) is 11.1 Å². The molecular weight excluding hydrogens is 346 g/mol. The number of aryl methyl sites for hydroxylation is 1. The zero-order valence-electron chi connectivity index (χ0n) is 14.3. The summed E-state index contributed by atoms with van der Waals surface area (Å²) in [6.07, 6.45) is 0. The molecule has 1 aliphatic rings. The highest BCUT2D eigenvalue weighted by Gasteiger charge is 2.18. The Balaban J connectivity index is 1.58. The number of hydrogen-bond acceptors (Lipinski definition) is 5. The zero-order chi connectivity index (χ0) is 17.9. The van der Waals surface area contributed by atoms with Crippen molar-refractivity contribution in [1.29, 1.82) is 5.26 Å². The molecule has 4 nitrogen and oxygen atoms in total. The van der Waals surface area contributed by atoms with Crippen molar-refractivity contribution in [2.24, 2.45) is 0 Å². The third-order valence-corrected chi connectivity index (χ3v) is 5.10. The number of benzene rings is 2. The van der Waals surface area contributed by atoms with Crippen LogP contribution in [0.2, 0.25) is 0 Å². The average Bonchev–Trinajstić information content (AvgIpc) is 3.10. The molecule has 1 aromatic heterocycles. The summed E-state index contributed by atoms with van der Waals surface area (Å²) in [4.78, 5) is 0. The van der Waals surface area contributed by atoms with Gasteiger partial charge in [0.1, 0.15) is 31.5 Å². The van der Waals surface area contributed by atoms with Gasteiger partial charge in [-0.3, -0.25) is 0 Å². The number of hydrogen-bond donors (Lipinski definition) is 0. The van der Waals surface area contributed by atoms with Crippen LogP contribution in [0.1, 0.15) is 16.7 Å². The molecule has 130 valence electrons. The number of thiophene rings is 1. The summed E-state index contributed by atoms with van der Waals surface area (Å²) >= 11 is 1.44. The molecule has 0 amide bonds. The molecule has 0 radical (unpaired) electrons. The van der Waals surface area contributed by atoms with Gasteiger partial charge in [-0.05, 0) is 30.2 Å². The highest BCUT2D eigenvalue weighted by atomic mass is 32.1. The molecule has 5 heteroatoms. The minimum Gasteiger partial charge on any atom is -0.486 e. The molecule has 0 unspecified atom stereocenters. The first kappa shape index (κ1) is 16.5. The lowest BCUT2D eigenvalue weighted by Crippen LogP contribution is -2.15. The van der Waals surface area contributed by atoms with E-state index in [9.17, 15) is 5.26 Å². The number of fused-ring (bicyclic) bond motifs is 1. The van der Waals surface area contributed by atoms with Crippen molar-refractivity contribution >= 4 is 11.3 Å². The summed E-state index contributed by atoms with van der Waals surface area (Å²) < 4.78 is 17.1. The molecule has 0 spiro atoms. The predicted octanol–water partition coefficient (Wildman–Crippen LogP) is 4.95. The number of nitriles is 1. The second-order valence-electron chi connectivity index (χ2n) is 6.06. The lowest BCUT2D eigenvalue weighted by molar-refractivity contribution is 0.171. The minimum atomic E-state index is 0.441. The van der Waals surface area contributed by atoms with Crippen molar-refractivity contribution in [3.05, 3.63) is 64.5 Å². The van der Waals surface area contributed by atoms with Crippen LogP contribution in [-0.2, 0) is 6.61 Å². The van der Waals surface area contributed by atoms with Crippen LogP contribution in [0, 0.1) is 18.3 Å². The van der Waals surface area contributed by atoms with E-state index in [1.807, 2.05) is 35.7 Å². The lowest BCUT2D eigenvalue weighted by Gasteiger charge is -2.18. The first-order valence-electron chi connectivity index (χ1n) is 8.34. The monoisotopic (exact) mass is 363 g/mol. The van der Waals surface area contributed by atoms with Crippen LogP contribution in [-0.4, -0.2) is 13.2 Å². The lowest BCUT2D eigenvalue weighted by atomic mass is 10.0. The van der Waals surface area contributed by atoms with Crippen molar-refractivity contribution < 1.29 is 14.2 Å². The fourth-order valence-corrected chi connectivity index (χ4v) is 3.69. The Kier molecular flexibility index (Phi) is 4.51. The van der Waals surface area contributed by atoms with Gasteiger partial charge in [-0.2, -0.15) is 5.26 Å². The van der Waals surface area contributed by atoms with Crippen LogP contribution in [0.5, 0.6) is 16.6 Å². The maximum atomic E-state index is 9.64. The first-order valence-corrected chi connectivity index (χ1v) is 9.22. The fourth-order valence-electron chi connectivity index (χ4n) is 2.81. The highest BCUT2D eigenvalue weighted by molar-refractivity contribution is 7.12. The largest absolute Gasteiger partial charge is 0.486 e. The van der Waals surface area contributed by atoms with Crippen molar-refractivity contribution in [3.63, 3.8) is 0 Å². The molecule has 4 rings (SSSR count). The van der Waals surface area contributed by atoms with Crippen LogP contribution < -0.4 is 14.2 Å². The average molecular weight is 363 g/mol. The van der Waals surface area contributed by atoms with Crippen molar-refractivity contribution in [2.75, 3.05) is 13.2 Å². The Labute approximate surface area is 156 Å². The molecule has 2 aromatic carbocycles. The topological polar surface area (TPSA) is 51.5 Å². The normalized spacial score (nSPS) is 12.5. The van der Waals surface area contributed by atoms with Crippen LogP contribution in [0.15, 0.2) is 47.8 Å². The van der Waals surface area contributed by atoms with E-state index >= 15 is 0 Å². The van der Waals surface area contributed by atoms with E-state index in [2.05, 4.69) is 25.1 Å². The molecule has 0 N–H and O–H groups in total. The maximum Gasteiger partial charge on any atom is 0.192 e. The Morgan fingerprint density at radius 2 is 1.85 bits per heavy atom. The quantitative estimate of drug-likeness (QED) is 0.658. The summed E-state index contributed by atoms with van der Waals surface area (Å²) in [5, 5.41) is 12.2. The third kappa shape index (κ3) is 3.24. The van der Waals surface area contributed by atoms with E-state index in [4.69, 9.17) is 14.2 Å². The second-order valence-corrected chi connectivity index (χ2v) is 6.90. The molecular formula is C21H17NO3S. The van der Waals surface area contributed by atoms with Gasteiger partial charge >= 0.3 is 0 Å². The number of nitrogens with zero attached hydrogens (tertiary/aromatic N) is 1. The van der Waals surface area contributed by atoms with E-state index in [1.165, 1.54) is 16.9 Å². The summed E-state index contributed by atoms with van der Waals surface area (Å²) in [6.45, 7) is 3.59. The highest BCUT2D eigenvalue weighted by Crippen LogP contribution is 2.40. The summed E-state index contributed by atoms with van der Waals surface area (Å²) in [6, 6.07) is 16.2. The van der Waals surface area contributed by atoms with Gasteiger partial charge in [0.05, 0.1) is 0 Å². The Morgan fingerprint density at radius 3 is 2.62 bits per heavy atom. The molecule has 0 aliphatic carbocycles. The second kappa shape index (κ2) is 7.11. The molecule has 3 aromatic rings. The molecule has 0 atom stereocenters. The SMILES string of the molecule is Cc1ccc(COc2scc(-c3ccc4c(c3)OCCO4)c2C#N)cc1. The molecule has 0 fully saturated rings. The van der Waals surface area contributed by atoms with E-state index in [0.29, 0.717) is 36.2 Å². The predicted molar refractivity (Wildman–Crippen MR) is 101 cm³/mol. The molecule has 26 heavy (non-hydrogen) atoms. The summed E-state index contributed by atoms with van der Waals surface area (Å²) in [5.41, 5.74) is 4.62. The Bertz CT molecular complexity index is 970. The molecule has 0 saturated heterocycles. The first-order chi connectivity index (χ1) is 12.7. The van der Waals surface area contributed by atoms with Gasteiger partial charge in [0.15, 0.2) is 16.6 Å². The smallest absolute Gasteiger partial charge is 0.192 e. The standard InChI is InChI=1S/C21H17NO3S/c1-14-2-4-15(5-3-14)12-25-21-17(11-22)18(13-26-21)16-6-7-19-20(10-16)24-9-8-23-19/h2-7,10,13H,8-9,12H2,1H3. The van der Waals surface area contributed by atoms with E-state index < -0.39 is 0 Å². The van der Waals surface area contributed by atoms with Gasteiger partial charge in [0.25, 0.3) is 0 Å². The summed E-state index contributed by atoms with van der Waals surface area (Å²) in [7, 11) is 0. The Hall–Kier alpha value is -2.97. The number of rotatable bonds is 4. The Morgan fingerprint density at radius 1 is 1.08 bits per heavy atom. The van der Waals surface area contributed by atoms with Crippen LogP contribution in [0.4, 0.5) is 0 Å². The fraction of sp³-hybridized carbons (Fsp3) is 0.190. The van der Waals surface area contributed by atoms with E-state index in [1.54, 1.807) is 0 Å². The maximum absolute atomic E-state index is 9.64. The zero-order valence-corrected chi connectivity index (χ0v) is 15.1. The third-order valence-electron chi connectivity index (χ3n) is 4.21. The van der Waals surface area contributed by atoms with Gasteiger partial charge in [0.2, 0.25) is 0 Å². The minimum absolute atomic E-state index is 0.441. The molecule has 0 saturated carbocycles. The molecule has 2 heterocycles. The van der Waals surface area contributed by atoms with Crippen LogP contribution >= 0.6 is 11.3 Å². The van der Waals surface area contributed by atoms with E-state index in [0.717, 1.165) is 22.4 Å². The van der Waals surface area contributed by atoms with Crippen molar-refractivity contribution in [1.82, 2.24) is 0 Å².